The third kappa shape index (κ3) is 3.56. The van der Waals surface area contributed by atoms with Crippen molar-refractivity contribution < 1.29 is 9.53 Å². The lowest BCUT2D eigenvalue weighted by Gasteiger charge is -2.32. The maximum absolute atomic E-state index is 11.8. The molecule has 1 aliphatic heterocycles. The summed E-state index contributed by atoms with van der Waals surface area (Å²) in [5, 5.41) is 0.0520. The Hall–Kier alpha value is -0.870. The van der Waals surface area contributed by atoms with Gasteiger partial charge in [0, 0.05) is 18.3 Å². The number of piperidine rings is 1. The van der Waals surface area contributed by atoms with Crippen LogP contribution in [0.1, 0.15) is 12.0 Å². The van der Waals surface area contributed by atoms with Crippen LogP contribution < -0.4 is 0 Å². The number of benzene rings is 1. The molecule has 98 valence electrons. The highest BCUT2D eigenvalue weighted by atomic mass is 35.5. The van der Waals surface area contributed by atoms with Gasteiger partial charge in [-0.05, 0) is 12.0 Å². The van der Waals surface area contributed by atoms with Gasteiger partial charge in [-0.3, -0.25) is 0 Å². The van der Waals surface area contributed by atoms with E-state index in [-0.39, 0.29) is 16.7 Å². The van der Waals surface area contributed by atoms with Crippen molar-refractivity contribution in [2.75, 3.05) is 13.1 Å². The van der Waals surface area contributed by atoms with Gasteiger partial charge in [-0.2, -0.15) is 12.6 Å². The minimum Gasteiger partial charge on any atom is -0.445 e. The first kappa shape index (κ1) is 13.6. The van der Waals surface area contributed by atoms with Crippen LogP contribution in [-0.4, -0.2) is 34.7 Å². The number of hydrogen-bond acceptors (Lipinski definition) is 3. The third-order valence-corrected chi connectivity index (χ3v) is 4.21. The van der Waals surface area contributed by atoms with E-state index in [9.17, 15) is 4.79 Å². The third-order valence-electron chi connectivity index (χ3n) is 2.97. The van der Waals surface area contributed by atoms with E-state index in [1.807, 2.05) is 30.3 Å². The SMILES string of the molecule is O=C(OCc1ccccc1)N1CC[C@H](S)[C@@H](Cl)C1. The van der Waals surface area contributed by atoms with E-state index in [0.717, 1.165) is 12.0 Å². The molecule has 2 rings (SSSR count). The van der Waals surface area contributed by atoms with Crippen LogP contribution in [0, 0.1) is 0 Å². The Labute approximate surface area is 117 Å². The summed E-state index contributed by atoms with van der Waals surface area (Å²) in [6, 6.07) is 9.63. The highest BCUT2D eigenvalue weighted by molar-refractivity contribution is 7.81. The van der Waals surface area contributed by atoms with Gasteiger partial charge in [0.1, 0.15) is 6.61 Å². The van der Waals surface area contributed by atoms with Gasteiger partial charge in [0.25, 0.3) is 0 Å². The van der Waals surface area contributed by atoms with E-state index >= 15 is 0 Å². The number of thiol groups is 1. The van der Waals surface area contributed by atoms with Gasteiger partial charge in [0.05, 0.1) is 5.38 Å². The van der Waals surface area contributed by atoms with Crippen molar-refractivity contribution >= 4 is 30.3 Å². The van der Waals surface area contributed by atoms with E-state index < -0.39 is 0 Å². The molecule has 0 N–H and O–H groups in total. The summed E-state index contributed by atoms with van der Waals surface area (Å²) < 4.78 is 5.25. The van der Waals surface area contributed by atoms with E-state index in [1.165, 1.54) is 0 Å². The first-order chi connectivity index (χ1) is 8.66. The zero-order valence-electron chi connectivity index (χ0n) is 9.96. The first-order valence-corrected chi connectivity index (χ1v) is 6.90. The van der Waals surface area contributed by atoms with E-state index in [4.69, 9.17) is 16.3 Å². The summed E-state index contributed by atoms with van der Waals surface area (Å²) in [6.07, 6.45) is 0.502. The number of amides is 1. The summed E-state index contributed by atoms with van der Waals surface area (Å²) in [7, 11) is 0. The van der Waals surface area contributed by atoms with Crippen molar-refractivity contribution in [3.63, 3.8) is 0 Å². The number of carbonyl (C=O) groups excluding carboxylic acids is 1. The molecule has 0 aliphatic carbocycles. The molecule has 0 spiro atoms. The molecule has 0 bridgehead atoms. The van der Waals surface area contributed by atoms with E-state index in [0.29, 0.717) is 19.7 Å². The van der Waals surface area contributed by atoms with Gasteiger partial charge in [-0.15, -0.1) is 11.6 Å². The lowest BCUT2D eigenvalue weighted by molar-refractivity contribution is 0.0907. The normalized spacial score (nSPS) is 23.8. The lowest BCUT2D eigenvalue weighted by atomic mass is 10.1. The van der Waals surface area contributed by atoms with E-state index in [2.05, 4.69) is 12.6 Å². The molecule has 0 radical (unpaired) electrons. The summed E-state index contributed by atoms with van der Waals surface area (Å²) in [6.45, 7) is 1.46. The van der Waals surface area contributed by atoms with Gasteiger partial charge < -0.3 is 9.64 Å². The molecule has 1 aromatic rings. The molecule has 1 amide bonds. The summed E-state index contributed by atoms with van der Waals surface area (Å²) >= 11 is 10.5. The highest BCUT2D eigenvalue weighted by Crippen LogP contribution is 2.21. The van der Waals surface area contributed by atoms with Crippen LogP contribution in [0.5, 0.6) is 0 Å². The quantitative estimate of drug-likeness (QED) is 0.669. The molecular formula is C13H16ClNO2S. The maximum Gasteiger partial charge on any atom is 0.410 e. The fourth-order valence-corrected chi connectivity index (χ4v) is 2.37. The van der Waals surface area contributed by atoms with Crippen molar-refractivity contribution in [3.05, 3.63) is 35.9 Å². The van der Waals surface area contributed by atoms with Gasteiger partial charge in [0.2, 0.25) is 0 Å². The van der Waals surface area contributed by atoms with Crippen LogP contribution in [-0.2, 0) is 11.3 Å². The number of nitrogens with zero attached hydrogens (tertiary/aromatic N) is 1. The van der Waals surface area contributed by atoms with Crippen molar-refractivity contribution in [1.29, 1.82) is 0 Å². The average Bonchev–Trinajstić information content (AvgIpc) is 2.40. The smallest absolute Gasteiger partial charge is 0.410 e. The Morgan fingerprint density at radius 2 is 2.17 bits per heavy atom. The molecule has 0 aromatic heterocycles. The predicted octanol–water partition coefficient (Wildman–Crippen LogP) is 2.93. The predicted molar refractivity (Wildman–Crippen MR) is 75.2 cm³/mol. The summed E-state index contributed by atoms with van der Waals surface area (Å²) in [5.41, 5.74) is 0.984. The van der Waals surface area contributed by atoms with Crippen LogP contribution >= 0.6 is 24.2 Å². The van der Waals surface area contributed by atoms with Crippen LogP contribution in [0.3, 0.4) is 0 Å². The van der Waals surface area contributed by atoms with Crippen molar-refractivity contribution in [3.8, 4) is 0 Å². The standard InChI is InChI=1S/C13H16ClNO2S/c14-11-8-15(7-6-12(11)18)13(16)17-9-10-4-2-1-3-5-10/h1-5,11-12,18H,6-9H2/t11-,12-/m0/s1. The Balaban J connectivity index is 1.82. The molecule has 1 heterocycles. The number of likely N-dealkylation sites (tertiary alicyclic amines) is 1. The van der Waals surface area contributed by atoms with Gasteiger partial charge in [0.15, 0.2) is 0 Å². The molecule has 2 atom stereocenters. The monoisotopic (exact) mass is 285 g/mol. The second-order valence-corrected chi connectivity index (χ2v) is 5.58. The largest absolute Gasteiger partial charge is 0.445 e. The van der Waals surface area contributed by atoms with Gasteiger partial charge in [-0.25, -0.2) is 4.79 Å². The first-order valence-electron chi connectivity index (χ1n) is 5.94. The fourth-order valence-electron chi connectivity index (χ4n) is 1.87. The minimum absolute atomic E-state index is 0.105. The van der Waals surface area contributed by atoms with E-state index in [1.54, 1.807) is 4.90 Å². The van der Waals surface area contributed by atoms with Crippen LogP contribution in [0.4, 0.5) is 4.79 Å². The van der Waals surface area contributed by atoms with Gasteiger partial charge in [-0.1, -0.05) is 30.3 Å². The summed E-state index contributed by atoms with van der Waals surface area (Å²) in [5.74, 6) is 0. The molecule has 18 heavy (non-hydrogen) atoms. The second-order valence-electron chi connectivity index (χ2n) is 4.36. The molecule has 1 fully saturated rings. The number of hydrogen-bond donors (Lipinski definition) is 1. The highest BCUT2D eigenvalue weighted by Gasteiger charge is 2.28. The van der Waals surface area contributed by atoms with Crippen LogP contribution in [0.2, 0.25) is 0 Å². The second kappa shape index (κ2) is 6.34. The Bertz CT molecular complexity index is 401. The zero-order chi connectivity index (χ0) is 13.0. The molecule has 1 aromatic carbocycles. The van der Waals surface area contributed by atoms with Gasteiger partial charge >= 0.3 is 6.09 Å². The Morgan fingerprint density at radius 3 is 2.83 bits per heavy atom. The molecular weight excluding hydrogens is 270 g/mol. The fraction of sp³-hybridized carbons (Fsp3) is 0.462. The van der Waals surface area contributed by atoms with Crippen LogP contribution in [0.15, 0.2) is 30.3 Å². The van der Waals surface area contributed by atoms with Crippen molar-refractivity contribution in [2.45, 2.75) is 23.7 Å². The number of halogens is 1. The van der Waals surface area contributed by atoms with Crippen molar-refractivity contribution in [2.24, 2.45) is 0 Å². The molecule has 3 nitrogen and oxygen atoms in total. The molecule has 0 saturated carbocycles. The lowest BCUT2D eigenvalue weighted by Crippen LogP contribution is -2.45. The number of alkyl halides is 1. The number of carbonyl (C=O) groups is 1. The molecule has 0 unspecified atom stereocenters. The van der Waals surface area contributed by atoms with Crippen molar-refractivity contribution in [1.82, 2.24) is 4.90 Å². The zero-order valence-corrected chi connectivity index (χ0v) is 11.6. The number of rotatable bonds is 2. The van der Waals surface area contributed by atoms with Crippen LogP contribution in [0.25, 0.3) is 0 Å². The minimum atomic E-state index is -0.301. The maximum atomic E-state index is 11.8. The molecule has 5 heteroatoms. The average molecular weight is 286 g/mol. The molecule has 1 aliphatic rings. The topological polar surface area (TPSA) is 29.5 Å². The Kier molecular flexibility index (Phi) is 4.78. The molecule has 1 saturated heterocycles. The number of ether oxygens (including phenoxy) is 1. The Morgan fingerprint density at radius 1 is 1.44 bits per heavy atom. The summed E-state index contributed by atoms with van der Waals surface area (Å²) in [4.78, 5) is 13.5.